The van der Waals surface area contributed by atoms with Gasteiger partial charge in [0.1, 0.15) is 11.5 Å². The number of ketones is 1. The zero-order valence-corrected chi connectivity index (χ0v) is 23.9. The first kappa shape index (κ1) is 32.4. The molecule has 0 aliphatic heterocycles. The molecule has 0 spiro atoms. The van der Waals surface area contributed by atoms with Crippen molar-refractivity contribution in [1.29, 1.82) is 0 Å². The predicted octanol–water partition coefficient (Wildman–Crippen LogP) is 6.99. The number of benzene rings is 2. The number of carbonyl (C=O) groups is 2. The van der Waals surface area contributed by atoms with Crippen LogP contribution in [-0.2, 0) is 17.6 Å². The number of aromatic nitrogens is 2. The van der Waals surface area contributed by atoms with E-state index in [1.165, 1.54) is 5.56 Å². The molecule has 1 aromatic heterocycles. The molecule has 1 amide bonds. The Balaban J connectivity index is 0.00000342. The monoisotopic (exact) mass is 545 g/mol. The summed E-state index contributed by atoms with van der Waals surface area (Å²) < 4.78 is 2.07. The number of nitrogens with zero attached hydrogens (tertiary/aromatic N) is 2. The van der Waals surface area contributed by atoms with Gasteiger partial charge in [-0.25, -0.2) is 4.98 Å². The van der Waals surface area contributed by atoms with Gasteiger partial charge in [-0.2, -0.15) is 0 Å². The number of primary amides is 1. The summed E-state index contributed by atoms with van der Waals surface area (Å²) >= 11 is 0. The van der Waals surface area contributed by atoms with Crippen LogP contribution >= 0.6 is 24.8 Å². The minimum Gasteiger partial charge on any atom is -0.369 e. The lowest BCUT2D eigenvalue weighted by molar-refractivity contribution is -0.122. The predicted molar refractivity (Wildman–Crippen MR) is 156 cm³/mol. The van der Waals surface area contributed by atoms with E-state index in [2.05, 4.69) is 54.8 Å². The SMILES string of the molecule is CC(C)C(=O)c1cn(C(C)C)c(CC(c2ccccc2)C(CCCCc2ccccc2)C(N)=O)n1.Cl.Cl. The van der Waals surface area contributed by atoms with Crippen molar-refractivity contribution in [3.05, 3.63) is 89.5 Å². The van der Waals surface area contributed by atoms with Crippen molar-refractivity contribution in [2.45, 2.75) is 71.8 Å². The van der Waals surface area contributed by atoms with E-state index in [9.17, 15) is 9.59 Å². The number of hydrogen-bond acceptors (Lipinski definition) is 3. The van der Waals surface area contributed by atoms with E-state index in [4.69, 9.17) is 10.7 Å². The van der Waals surface area contributed by atoms with E-state index in [0.29, 0.717) is 12.1 Å². The largest absolute Gasteiger partial charge is 0.369 e. The van der Waals surface area contributed by atoms with Crippen LogP contribution in [0.4, 0.5) is 0 Å². The lowest BCUT2D eigenvalue weighted by Crippen LogP contribution is -2.31. The molecule has 37 heavy (non-hydrogen) atoms. The second-order valence-electron chi connectivity index (χ2n) is 10.0. The van der Waals surface area contributed by atoms with Gasteiger partial charge in [0.2, 0.25) is 5.91 Å². The highest BCUT2D eigenvalue weighted by atomic mass is 35.5. The van der Waals surface area contributed by atoms with Crippen LogP contribution in [0.15, 0.2) is 66.9 Å². The molecule has 202 valence electrons. The molecule has 1 heterocycles. The molecule has 2 atom stereocenters. The van der Waals surface area contributed by atoms with Crippen LogP contribution in [0.1, 0.15) is 86.4 Å². The van der Waals surface area contributed by atoms with Crippen LogP contribution in [0.3, 0.4) is 0 Å². The van der Waals surface area contributed by atoms with E-state index in [0.717, 1.165) is 37.1 Å². The van der Waals surface area contributed by atoms with Crippen LogP contribution in [-0.4, -0.2) is 21.2 Å². The topological polar surface area (TPSA) is 78.0 Å². The van der Waals surface area contributed by atoms with Crippen molar-refractivity contribution < 1.29 is 9.59 Å². The molecule has 0 fully saturated rings. The third-order valence-electron chi connectivity index (χ3n) is 6.70. The van der Waals surface area contributed by atoms with Gasteiger partial charge in [-0.15, -0.1) is 24.8 Å². The molecule has 2 unspecified atom stereocenters. The summed E-state index contributed by atoms with van der Waals surface area (Å²) in [5, 5.41) is 0. The molecule has 0 saturated heterocycles. The molecule has 2 N–H and O–H groups in total. The second-order valence-corrected chi connectivity index (χ2v) is 10.0. The summed E-state index contributed by atoms with van der Waals surface area (Å²) in [5.74, 6) is 0.0516. The maximum atomic E-state index is 12.7. The normalized spacial score (nSPS) is 12.5. The third kappa shape index (κ3) is 9.01. The van der Waals surface area contributed by atoms with Crippen LogP contribution in [0.25, 0.3) is 0 Å². The van der Waals surface area contributed by atoms with Crippen molar-refractivity contribution in [3.8, 4) is 0 Å². The van der Waals surface area contributed by atoms with Crippen LogP contribution in [0.2, 0.25) is 0 Å². The van der Waals surface area contributed by atoms with E-state index in [-0.39, 0.29) is 60.3 Å². The van der Waals surface area contributed by atoms with Crippen molar-refractivity contribution in [3.63, 3.8) is 0 Å². The summed E-state index contributed by atoms with van der Waals surface area (Å²) in [5.41, 5.74) is 8.87. The minimum absolute atomic E-state index is 0. The van der Waals surface area contributed by atoms with Gasteiger partial charge in [-0.1, -0.05) is 80.9 Å². The second kappa shape index (κ2) is 15.6. The smallest absolute Gasteiger partial charge is 0.221 e. The van der Waals surface area contributed by atoms with Crippen molar-refractivity contribution >= 4 is 36.5 Å². The van der Waals surface area contributed by atoms with Gasteiger partial charge < -0.3 is 10.3 Å². The molecule has 0 bridgehead atoms. The number of imidazole rings is 1. The molecule has 0 aliphatic carbocycles. The van der Waals surface area contributed by atoms with E-state index < -0.39 is 0 Å². The summed E-state index contributed by atoms with van der Waals surface area (Å²) in [6.07, 6.45) is 6.05. The quantitative estimate of drug-likeness (QED) is 0.185. The highest BCUT2D eigenvalue weighted by molar-refractivity contribution is 5.95. The molecule has 0 aliphatic rings. The summed E-state index contributed by atoms with van der Waals surface area (Å²) in [4.78, 5) is 30.2. The minimum atomic E-state index is -0.310. The van der Waals surface area contributed by atoms with Crippen molar-refractivity contribution in [2.75, 3.05) is 0 Å². The number of carbonyl (C=O) groups excluding carboxylic acids is 2. The van der Waals surface area contributed by atoms with Gasteiger partial charge in [0.05, 0.1) is 0 Å². The summed E-state index contributed by atoms with van der Waals surface area (Å²) in [6, 6.07) is 20.7. The van der Waals surface area contributed by atoms with Crippen LogP contribution in [0.5, 0.6) is 0 Å². The fourth-order valence-electron chi connectivity index (χ4n) is 4.71. The number of amides is 1. The first-order valence-electron chi connectivity index (χ1n) is 12.8. The molecule has 2 aromatic carbocycles. The number of halogens is 2. The Hall–Kier alpha value is -2.63. The Morgan fingerprint density at radius 2 is 1.49 bits per heavy atom. The van der Waals surface area contributed by atoms with Gasteiger partial charge in [-0.3, -0.25) is 9.59 Å². The average molecular weight is 547 g/mol. The zero-order chi connectivity index (χ0) is 25.4. The number of aryl methyl sites for hydroxylation is 1. The molecule has 0 radical (unpaired) electrons. The fourth-order valence-corrected chi connectivity index (χ4v) is 4.71. The van der Waals surface area contributed by atoms with Gasteiger partial charge in [-0.05, 0) is 44.2 Å². The van der Waals surface area contributed by atoms with Gasteiger partial charge >= 0.3 is 0 Å². The molecule has 5 nitrogen and oxygen atoms in total. The Morgan fingerprint density at radius 3 is 2.03 bits per heavy atom. The van der Waals surface area contributed by atoms with E-state index in [1.807, 2.05) is 44.3 Å². The Kier molecular flexibility index (Phi) is 13.6. The number of unbranched alkanes of at least 4 members (excludes halogenated alkanes) is 1. The lowest BCUT2D eigenvalue weighted by atomic mass is 9.79. The number of Topliss-reactive ketones (excluding diaryl/α,β-unsaturated/α-hetero) is 1. The van der Waals surface area contributed by atoms with Gasteiger partial charge in [0.15, 0.2) is 5.78 Å². The maximum Gasteiger partial charge on any atom is 0.221 e. The molecule has 3 aromatic rings. The lowest BCUT2D eigenvalue weighted by Gasteiger charge is -2.26. The molecule has 0 saturated carbocycles. The number of rotatable bonds is 13. The summed E-state index contributed by atoms with van der Waals surface area (Å²) in [7, 11) is 0. The van der Waals surface area contributed by atoms with Crippen LogP contribution < -0.4 is 5.73 Å². The molecule has 3 rings (SSSR count). The molecular formula is C30H41Cl2N3O2. The molecular weight excluding hydrogens is 505 g/mol. The van der Waals surface area contributed by atoms with Crippen molar-refractivity contribution in [2.24, 2.45) is 17.6 Å². The average Bonchev–Trinajstić information content (AvgIpc) is 3.27. The zero-order valence-electron chi connectivity index (χ0n) is 22.3. The van der Waals surface area contributed by atoms with E-state index >= 15 is 0 Å². The number of nitrogens with two attached hydrogens (primary N) is 1. The number of hydrogen-bond donors (Lipinski definition) is 1. The third-order valence-corrected chi connectivity index (χ3v) is 6.70. The summed E-state index contributed by atoms with van der Waals surface area (Å²) in [6.45, 7) is 7.95. The Bertz CT molecular complexity index is 1100. The Morgan fingerprint density at radius 1 is 0.892 bits per heavy atom. The standard InChI is InChI=1S/C30H39N3O2.2ClH/c1-21(2)29(34)27-20-33(22(3)4)28(32-27)19-26(24-16-9-6-10-17-24)25(30(31)35)18-12-11-15-23-13-7-5-8-14-23;;/h5-10,13-14,16-17,20-22,25-26H,11-12,15,18-19H2,1-4H3,(H2,31,35);2*1H. The first-order valence-corrected chi connectivity index (χ1v) is 12.8. The highest BCUT2D eigenvalue weighted by Crippen LogP contribution is 2.33. The maximum absolute atomic E-state index is 12.7. The fraction of sp³-hybridized carbons (Fsp3) is 0.433. The Labute approximate surface area is 234 Å². The van der Waals surface area contributed by atoms with Crippen molar-refractivity contribution in [1.82, 2.24) is 9.55 Å². The highest BCUT2D eigenvalue weighted by Gasteiger charge is 2.30. The van der Waals surface area contributed by atoms with Gasteiger partial charge in [0.25, 0.3) is 0 Å². The molecule has 7 heteroatoms. The van der Waals surface area contributed by atoms with E-state index in [1.54, 1.807) is 0 Å². The van der Waals surface area contributed by atoms with Crippen LogP contribution in [0, 0.1) is 11.8 Å². The van der Waals surface area contributed by atoms with Gasteiger partial charge in [0, 0.05) is 36.4 Å². The first-order chi connectivity index (χ1) is 16.8.